The summed E-state index contributed by atoms with van der Waals surface area (Å²) in [6.45, 7) is 1.68. The number of pyridine rings is 1. The molecule has 4 rings (SSSR count). The topological polar surface area (TPSA) is 71.9 Å². The van der Waals surface area contributed by atoms with Crippen LogP contribution in [0.2, 0.25) is 0 Å². The van der Waals surface area contributed by atoms with Crippen LogP contribution in [0, 0.1) is 0 Å². The van der Waals surface area contributed by atoms with E-state index >= 15 is 0 Å². The van der Waals surface area contributed by atoms with E-state index in [9.17, 15) is 9.90 Å². The number of aromatic nitrogens is 1. The molecule has 0 radical (unpaired) electrons. The van der Waals surface area contributed by atoms with Gasteiger partial charge in [-0.15, -0.1) is 0 Å². The zero-order valence-electron chi connectivity index (χ0n) is 15.0. The second-order valence-corrected chi connectivity index (χ2v) is 6.46. The average molecular weight is 364 g/mol. The van der Waals surface area contributed by atoms with Crippen molar-refractivity contribution in [1.29, 1.82) is 0 Å². The molecule has 6 heteroatoms. The van der Waals surface area contributed by atoms with Gasteiger partial charge in [-0.1, -0.05) is 18.2 Å². The number of carbonyl (C=O) groups is 1. The van der Waals surface area contributed by atoms with Crippen LogP contribution in [-0.4, -0.2) is 42.9 Å². The lowest BCUT2D eigenvalue weighted by Crippen LogP contribution is -2.39. The lowest BCUT2D eigenvalue weighted by molar-refractivity contribution is 0.0393. The van der Waals surface area contributed by atoms with Crippen molar-refractivity contribution in [2.75, 3.05) is 31.7 Å². The van der Waals surface area contributed by atoms with E-state index in [0.29, 0.717) is 25.5 Å². The molecule has 1 fully saturated rings. The van der Waals surface area contributed by atoms with Crippen LogP contribution in [0.25, 0.3) is 10.8 Å². The van der Waals surface area contributed by atoms with Gasteiger partial charge < -0.3 is 19.5 Å². The molecule has 1 aromatic heterocycles. The molecule has 0 spiro atoms. The van der Waals surface area contributed by atoms with Crippen LogP contribution in [-0.2, 0) is 4.74 Å². The van der Waals surface area contributed by atoms with Gasteiger partial charge in [-0.05, 0) is 46.7 Å². The van der Waals surface area contributed by atoms with Crippen molar-refractivity contribution in [3.63, 3.8) is 0 Å². The van der Waals surface area contributed by atoms with E-state index in [1.807, 2.05) is 29.2 Å². The maximum absolute atomic E-state index is 11.5. The molecule has 138 valence electrons. The molecule has 27 heavy (non-hydrogen) atoms. The highest BCUT2D eigenvalue weighted by atomic mass is 16.5. The first kappa shape index (κ1) is 17.3. The van der Waals surface area contributed by atoms with E-state index in [2.05, 4.69) is 17.1 Å². The largest absolute Gasteiger partial charge is 0.497 e. The monoisotopic (exact) mass is 364 g/mol. The molecule has 0 bridgehead atoms. The number of anilines is 1. The van der Waals surface area contributed by atoms with Crippen LogP contribution >= 0.6 is 0 Å². The van der Waals surface area contributed by atoms with Gasteiger partial charge in [0.15, 0.2) is 0 Å². The summed E-state index contributed by atoms with van der Waals surface area (Å²) in [5, 5.41) is 11.6. The molecular weight excluding hydrogens is 344 g/mol. The minimum Gasteiger partial charge on any atom is -0.497 e. The van der Waals surface area contributed by atoms with Gasteiger partial charge >= 0.3 is 5.97 Å². The molecule has 1 aliphatic rings. The molecule has 0 saturated carbocycles. The zero-order valence-corrected chi connectivity index (χ0v) is 15.0. The van der Waals surface area contributed by atoms with Crippen LogP contribution in [0.15, 0.2) is 54.7 Å². The van der Waals surface area contributed by atoms with E-state index in [1.54, 1.807) is 25.4 Å². The van der Waals surface area contributed by atoms with Crippen LogP contribution in [0.5, 0.6) is 5.75 Å². The highest BCUT2D eigenvalue weighted by Gasteiger charge is 2.26. The molecule has 1 aliphatic heterocycles. The number of hydrogen-bond acceptors (Lipinski definition) is 5. The van der Waals surface area contributed by atoms with Gasteiger partial charge in [-0.25, -0.2) is 9.78 Å². The lowest BCUT2D eigenvalue weighted by atomic mass is 10.0. The maximum atomic E-state index is 11.5. The van der Waals surface area contributed by atoms with Gasteiger partial charge in [0.25, 0.3) is 0 Å². The van der Waals surface area contributed by atoms with Crippen molar-refractivity contribution < 1.29 is 19.4 Å². The summed E-state index contributed by atoms with van der Waals surface area (Å²) in [5.74, 6) is 0.344. The molecule has 1 N–H and O–H groups in total. The van der Waals surface area contributed by atoms with Crippen molar-refractivity contribution >= 4 is 22.6 Å². The van der Waals surface area contributed by atoms with Crippen LogP contribution < -0.4 is 9.64 Å². The summed E-state index contributed by atoms with van der Waals surface area (Å²) in [4.78, 5) is 17.8. The Balaban J connectivity index is 1.62. The fraction of sp³-hybridized carbons (Fsp3) is 0.238. The van der Waals surface area contributed by atoms with Crippen LogP contribution in [0.3, 0.4) is 0 Å². The first-order valence-electron chi connectivity index (χ1n) is 8.78. The zero-order chi connectivity index (χ0) is 18.8. The van der Waals surface area contributed by atoms with E-state index in [0.717, 1.165) is 22.1 Å². The van der Waals surface area contributed by atoms with Crippen molar-refractivity contribution in [1.82, 2.24) is 4.98 Å². The third-order valence-electron chi connectivity index (χ3n) is 4.83. The predicted molar refractivity (Wildman–Crippen MR) is 103 cm³/mol. The predicted octanol–water partition coefficient (Wildman–Crippen LogP) is 3.52. The van der Waals surface area contributed by atoms with E-state index in [4.69, 9.17) is 9.47 Å². The van der Waals surface area contributed by atoms with E-state index in [-0.39, 0.29) is 11.7 Å². The highest BCUT2D eigenvalue weighted by Crippen LogP contribution is 2.30. The quantitative estimate of drug-likeness (QED) is 0.764. The normalized spacial score (nSPS) is 17.1. The van der Waals surface area contributed by atoms with Gasteiger partial charge in [0.2, 0.25) is 0 Å². The fourth-order valence-electron chi connectivity index (χ4n) is 3.43. The number of carboxylic acid groups (broad SMARTS) is 1. The van der Waals surface area contributed by atoms with E-state index in [1.165, 1.54) is 0 Å². The Kier molecular flexibility index (Phi) is 4.64. The Labute approximate surface area is 157 Å². The Bertz CT molecular complexity index is 989. The number of aromatic carboxylic acids is 1. The molecule has 6 nitrogen and oxygen atoms in total. The number of rotatable bonds is 4. The van der Waals surface area contributed by atoms with Crippen LogP contribution in [0.4, 0.5) is 5.82 Å². The van der Waals surface area contributed by atoms with Gasteiger partial charge in [0.05, 0.1) is 13.7 Å². The minimum absolute atomic E-state index is 0.145. The molecular formula is C21H20N2O4. The van der Waals surface area contributed by atoms with Crippen molar-refractivity contribution in [3.8, 4) is 5.75 Å². The van der Waals surface area contributed by atoms with Crippen molar-refractivity contribution in [2.24, 2.45) is 0 Å². The highest BCUT2D eigenvalue weighted by molar-refractivity contribution is 5.93. The van der Waals surface area contributed by atoms with Gasteiger partial charge in [-0.3, -0.25) is 0 Å². The smallest absolute Gasteiger partial charge is 0.339 e. The standard InChI is InChI=1S/C21H20N2O4/c1-26-17-7-6-14-11-16(5-4-15(14)12-17)19-13-23(9-10-27-19)20-18(21(24)25)3-2-8-22-20/h2-8,11-12,19H,9-10,13H2,1H3,(H,24,25)/t19-/m0/s1. The molecule has 0 unspecified atom stereocenters. The molecule has 2 heterocycles. The summed E-state index contributed by atoms with van der Waals surface area (Å²) in [7, 11) is 1.66. The Hall–Kier alpha value is -3.12. The molecule has 0 amide bonds. The molecule has 3 aromatic rings. The Morgan fingerprint density at radius 1 is 1.22 bits per heavy atom. The van der Waals surface area contributed by atoms with Gasteiger partial charge in [-0.2, -0.15) is 0 Å². The first-order valence-corrected chi connectivity index (χ1v) is 8.78. The number of methoxy groups -OCH3 is 1. The van der Waals surface area contributed by atoms with Gasteiger partial charge in [0, 0.05) is 19.3 Å². The number of morpholine rings is 1. The number of ether oxygens (including phenoxy) is 2. The number of fused-ring (bicyclic) bond motifs is 1. The summed E-state index contributed by atoms with van der Waals surface area (Å²) in [6, 6.07) is 15.4. The second kappa shape index (κ2) is 7.25. The molecule has 1 atom stereocenters. The summed E-state index contributed by atoms with van der Waals surface area (Å²) in [6.07, 6.45) is 1.48. The van der Waals surface area contributed by atoms with Crippen molar-refractivity contribution in [2.45, 2.75) is 6.10 Å². The summed E-state index contributed by atoms with van der Waals surface area (Å²) in [5.41, 5.74) is 1.27. The Morgan fingerprint density at radius 2 is 2.04 bits per heavy atom. The fourth-order valence-corrected chi connectivity index (χ4v) is 3.43. The van der Waals surface area contributed by atoms with Crippen LogP contribution in [0.1, 0.15) is 22.0 Å². The van der Waals surface area contributed by atoms with Crippen molar-refractivity contribution in [3.05, 3.63) is 65.9 Å². The number of carboxylic acids is 1. The molecule has 1 saturated heterocycles. The first-order chi connectivity index (χ1) is 13.2. The third-order valence-corrected chi connectivity index (χ3v) is 4.83. The number of hydrogen-bond donors (Lipinski definition) is 1. The summed E-state index contributed by atoms with van der Waals surface area (Å²) < 4.78 is 11.2. The Morgan fingerprint density at radius 3 is 2.85 bits per heavy atom. The number of nitrogens with zero attached hydrogens (tertiary/aromatic N) is 2. The third kappa shape index (κ3) is 3.44. The average Bonchev–Trinajstić information content (AvgIpc) is 2.73. The minimum atomic E-state index is -0.971. The second-order valence-electron chi connectivity index (χ2n) is 6.46. The number of benzene rings is 2. The van der Waals surface area contributed by atoms with Gasteiger partial charge in [0.1, 0.15) is 23.2 Å². The molecule has 0 aliphatic carbocycles. The van der Waals surface area contributed by atoms with E-state index < -0.39 is 5.97 Å². The summed E-state index contributed by atoms with van der Waals surface area (Å²) >= 11 is 0. The SMILES string of the molecule is COc1ccc2cc([C@@H]3CN(c4ncccc4C(=O)O)CCO3)ccc2c1. The maximum Gasteiger partial charge on any atom is 0.339 e. The lowest BCUT2D eigenvalue weighted by Gasteiger charge is -2.34. The molecule has 2 aromatic carbocycles.